The third-order valence-electron chi connectivity index (χ3n) is 9.46. The van der Waals surface area contributed by atoms with Crippen molar-refractivity contribution in [1.29, 1.82) is 0 Å². The van der Waals surface area contributed by atoms with Crippen LogP contribution >= 0.6 is 7.82 Å². The fraction of sp³-hybridized carbons (Fsp3) is 0.465. The molecule has 3 N–H and O–H groups in total. The Balaban J connectivity index is 1.45. The number of amides is 3. The Bertz CT molecular complexity index is 2150. The Labute approximate surface area is 352 Å². The lowest BCUT2D eigenvalue weighted by Gasteiger charge is -2.30. The largest absolute Gasteiger partial charge is 0.476 e. The number of halogens is 4. The molecule has 0 radical (unpaired) electrons. The minimum absolute atomic E-state index is 0.00321. The summed E-state index contributed by atoms with van der Waals surface area (Å²) in [5.74, 6) is -7.89. The molecule has 13 nitrogen and oxygen atoms in total. The highest BCUT2D eigenvalue weighted by molar-refractivity contribution is 7.48. The summed E-state index contributed by atoms with van der Waals surface area (Å²) in [6.45, 7) is 8.87. The molecule has 0 saturated heterocycles. The molecule has 0 aromatic heterocycles. The number of benzodiazepines with no additional fused rings is 1. The fourth-order valence-corrected chi connectivity index (χ4v) is 8.49. The first-order valence-corrected chi connectivity index (χ1v) is 21.2. The molecule has 5 rings (SSSR count). The van der Waals surface area contributed by atoms with Gasteiger partial charge in [-0.1, -0.05) is 67.4 Å². The number of nitrogens with zero attached hydrogens (tertiary/aromatic N) is 2. The standard InChI is InChI=1S/C43H51F4N4O9P/c1-41(2,3)59-61(56,60-42(4,5)6)58-24-27-12-10-15-29(22-27)40(55)57-25-51-35-31(16-11-17-33(35)44)34(28-13-8-7-9-14-28)49-37(39(51)54)50-38(53)30(20-21-43(45,46)47)32(36(48)52)23-26-18-19-26/h7-17,22,26,30,32,37H,18-21,23-25H2,1-6H3,(H2,48,52)(H,50,53). The zero-order chi connectivity index (χ0) is 44.9. The van der Waals surface area contributed by atoms with Crippen LogP contribution < -0.4 is 16.0 Å². The molecule has 1 aliphatic heterocycles. The maximum atomic E-state index is 16.0. The van der Waals surface area contributed by atoms with Gasteiger partial charge in [-0.2, -0.15) is 13.2 Å². The van der Waals surface area contributed by atoms with E-state index in [9.17, 15) is 36.9 Å². The van der Waals surface area contributed by atoms with Crippen molar-refractivity contribution in [3.8, 4) is 0 Å². The first-order chi connectivity index (χ1) is 28.4. The molecule has 3 aromatic carbocycles. The van der Waals surface area contributed by atoms with Crippen LogP contribution in [0.5, 0.6) is 0 Å². The Morgan fingerprint density at radius 3 is 2.15 bits per heavy atom. The number of alkyl halides is 3. The number of phosphoric ester groups is 1. The van der Waals surface area contributed by atoms with Gasteiger partial charge in [0.25, 0.3) is 5.91 Å². The van der Waals surface area contributed by atoms with Gasteiger partial charge in [-0.25, -0.2) is 18.7 Å². The topological polar surface area (TPSA) is 176 Å². The number of carbonyl (C=O) groups excluding carboxylic acids is 4. The summed E-state index contributed by atoms with van der Waals surface area (Å²) in [4.78, 5) is 60.0. The molecule has 61 heavy (non-hydrogen) atoms. The summed E-state index contributed by atoms with van der Waals surface area (Å²) in [6.07, 6.45) is -7.23. The van der Waals surface area contributed by atoms with E-state index in [1.165, 1.54) is 30.3 Å². The van der Waals surface area contributed by atoms with Crippen molar-refractivity contribution in [3.05, 3.63) is 101 Å². The minimum atomic E-state index is -4.67. The van der Waals surface area contributed by atoms with Crippen molar-refractivity contribution in [2.75, 3.05) is 11.6 Å². The third-order valence-corrected chi connectivity index (χ3v) is 11.4. The zero-order valence-corrected chi connectivity index (χ0v) is 35.7. The monoisotopic (exact) mass is 874 g/mol. The highest BCUT2D eigenvalue weighted by Crippen LogP contribution is 2.56. The van der Waals surface area contributed by atoms with Gasteiger partial charge < -0.3 is 15.8 Å². The summed E-state index contributed by atoms with van der Waals surface area (Å²) in [5.41, 5.74) is 4.33. The highest BCUT2D eigenvalue weighted by Gasteiger charge is 2.43. The number of para-hydroxylation sites is 1. The van der Waals surface area contributed by atoms with E-state index in [1.54, 1.807) is 77.9 Å². The van der Waals surface area contributed by atoms with Crippen LogP contribution in [0, 0.1) is 23.6 Å². The lowest BCUT2D eigenvalue weighted by atomic mass is 9.83. The SMILES string of the molecule is CC(C)(C)OP(=O)(OCc1cccc(C(=O)OCN2C(=O)C(NC(=O)C(CCC(F)(F)F)C(CC3CC3)C(N)=O)N=C(c3ccccc3)c3cccc(F)c32)c1)OC(C)(C)C. The first-order valence-electron chi connectivity index (χ1n) is 19.7. The number of fused-ring (bicyclic) bond motifs is 1. The molecule has 3 unspecified atom stereocenters. The summed E-state index contributed by atoms with van der Waals surface area (Å²) in [5, 5.41) is 2.43. The molecule has 18 heteroatoms. The van der Waals surface area contributed by atoms with Crippen LogP contribution in [0.15, 0.2) is 77.8 Å². The van der Waals surface area contributed by atoms with Crippen LogP contribution in [0.4, 0.5) is 23.2 Å². The van der Waals surface area contributed by atoms with Crippen molar-refractivity contribution in [2.45, 2.75) is 104 Å². The fourth-order valence-electron chi connectivity index (χ4n) is 6.70. The Morgan fingerprint density at radius 2 is 1.56 bits per heavy atom. The number of hydrogen-bond acceptors (Lipinski definition) is 10. The molecule has 3 atom stereocenters. The van der Waals surface area contributed by atoms with E-state index in [2.05, 4.69) is 10.3 Å². The van der Waals surface area contributed by atoms with Gasteiger partial charge in [0.05, 0.1) is 34.8 Å². The van der Waals surface area contributed by atoms with E-state index < -0.39 is 92.3 Å². The second-order valence-corrected chi connectivity index (χ2v) is 18.5. The number of primary amides is 1. The predicted molar refractivity (Wildman–Crippen MR) is 217 cm³/mol. The molecule has 1 heterocycles. The second kappa shape index (κ2) is 19.0. The summed E-state index contributed by atoms with van der Waals surface area (Å²) in [7, 11) is -4.13. The number of rotatable bonds is 17. The maximum absolute atomic E-state index is 16.0. The van der Waals surface area contributed by atoms with Crippen LogP contribution in [0.25, 0.3) is 0 Å². The number of benzene rings is 3. The average Bonchev–Trinajstić information content (AvgIpc) is 3.99. The van der Waals surface area contributed by atoms with E-state index in [0.29, 0.717) is 11.1 Å². The van der Waals surface area contributed by atoms with Gasteiger partial charge in [-0.15, -0.1) is 0 Å². The van der Waals surface area contributed by atoms with Crippen molar-refractivity contribution >= 4 is 42.9 Å². The van der Waals surface area contributed by atoms with Crippen LogP contribution in [0.3, 0.4) is 0 Å². The summed E-state index contributed by atoms with van der Waals surface area (Å²) >= 11 is 0. The Hall–Kier alpha value is -4.96. The second-order valence-electron chi connectivity index (χ2n) is 17.0. The van der Waals surface area contributed by atoms with E-state index in [-0.39, 0.29) is 41.5 Å². The smallest absolute Gasteiger partial charge is 0.440 e. The van der Waals surface area contributed by atoms with E-state index >= 15 is 4.39 Å². The molecule has 0 spiro atoms. The molecule has 1 fully saturated rings. The highest BCUT2D eigenvalue weighted by atomic mass is 31.2. The number of esters is 1. The van der Waals surface area contributed by atoms with Crippen molar-refractivity contribution < 1.29 is 59.6 Å². The normalized spacial score (nSPS) is 17.1. The van der Waals surface area contributed by atoms with Gasteiger partial charge in [0, 0.05) is 29.4 Å². The van der Waals surface area contributed by atoms with Gasteiger partial charge in [-0.05, 0) is 84.1 Å². The molecule has 1 aliphatic carbocycles. The molecule has 1 saturated carbocycles. The Morgan fingerprint density at radius 1 is 0.918 bits per heavy atom. The van der Waals surface area contributed by atoms with Crippen LogP contribution in [-0.2, 0) is 43.9 Å². The number of aliphatic imine (C=N–C) groups is 1. The lowest BCUT2D eigenvalue weighted by Crippen LogP contribution is -2.51. The van der Waals surface area contributed by atoms with Crippen molar-refractivity contribution in [1.82, 2.24) is 5.32 Å². The number of nitrogens with two attached hydrogens (primary N) is 1. The van der Waals surface area contributed by atoms with Gasteiger partial charge >= 0.3 is 20.0 Å². The van der Waals surface area contributed by atoms with Gasteiger partial charge in [-0.3, -0.25) is 32.9 Å². The first kappa shape index (κ1) is 47.1. The predicted octanol–water partition coefficient (Wildman–Crippen LogP) is 8.38. The van der Waals surface area contributed by atoms with Crippen molar-refractivity contribution in [3.63, 3.8) is 0 Å². The van der Waals surface area contributed by atoms with Gasteiger partial charge in [0.15, 0.2) is 6.73 Å². The summed E-state index contributed by atoms with van der Waals surface area (Å²) < 4.78 is 92.8. The molecular weight excluding hydrogens is 823 g/mol. The van der Waals surface area contributed by atoms with E-state index in [1.807, 2.05) is 0 Å². The van der Waals surface area contributed by atoms with Gasteiger partial charge in [0.1, 0.15) is 5.82 Å². The number of nitrogens with one attached hydrogen (secondary N) is 1. The maximum Gasteiger partial charge on any atom is 0.476 e. The van der Waals surface area contributed by atoms with E-state index in [0.717, 1.165) is 23.8 Å². The number of carbonyl (C=O) groups is 4. The van der Waals surface area contributed by atoms with Crippen LogP contribution in [0.1, 0.15) is 101 Å². The Kier molecular flexibility index (Phi) is 14.6. The third kappa shape index (κ3) is 13.5. The molecule has 330 valence electrons. The van der Waals surface area contributed by atoms with Crippen molar-refractivity contribution in [2.24, 2.45) is 28.5 Å². The lowest BCUT2D eigenvalue weighted by molar-refractivity contribution is -0.146. The number of phosphoric acid groups is 1. The molecule has 3 amide bonds. The number of ether oxygens (including phenoxy) is 1. The average molecular weight is 875 g/mol. The quantitative estimate of drug-likeness (QED) is 0.0767. The number of hydrogen-bond donors (Lipinski definition) is 2. The minimum Gasteiger partial charge on any atom is -0.440 e. The molecule has 0 bridgehead atoms. The summed E-state index contributed by atoms with van der Waals surface area (Å²) in [6, 6.07) is 18.1. The molecule has 3 aromatic rings. The zero-order valence-electron chi connectivity index (χ0n) is 34.8. The number of anilines is 1. The van der Waals surface area contributed by atoms with Crippen LogP contribution in [-0.4, -0.2) is 59.7 Å². The van der Waals surface area contributed by atoms with Crippen LogP contribution in [0.2, 0.25) is 0 Å². The molecule has 2 aliphatic rings. The van der Waals surface area contributed by atoms with Gasteiger partial charge in [0.2, 0.25) is 18.0 Å². The van der Waals surface area contributed by atoms with E-state index in [4.69, 9.17) is 24.0 Å². The molecular formula is C43H51F4N4O9P.